The number of nitrogens with one attached hydrogen (secondary N) is 1. The monoisotopic (exact) mass is 552 g/mol. The maximum absolute atomic E-state index is 13.6. The molecule has 3 aromatic rings. The van der Waals surface area contributed by atoms with Crippen LogP contribution in [0.4, 0.5) is 0 Å². The van der Waals surface area contributed by atoms with Gasteiger partial charge in [-0.05, 0) is 49.6 Å². The van der Waals surface area contributed by atoms with Crippen LogP contribution in [0.25, 0.3) is 0 Å². The van der Waals surface area contributed by atoms with Crippen molar-refractivity contribution < 1.29 is 9.59 Å². The third kappa shape index (κ3) is 8.86. The molecular weight excluding hydrogens is 520 g/mol. The van der Waals surface area contributed by atoms with E-state index in [1.807, 2.05) is 74.5 Å². The molecule has 0 aliphatic carbocycles. The van der Waals surface area contributed by atoms with Gasteiger partial charge in [-0.2, -0.15) is 0 Å². The van der Waals surface area contributed by atoms with Crippen LogP contribution in [0.1, 0.15) is 36.1 Å². The summed E-state index contributed by atoms with van der Waals surface area (Å²) < 4.78 is 0.947. The summed E-state index contributed by atoms with van der Waals surface area (Å²) in [6.45, 7) is 6.32. The highest BCUT2D eigenvalue weighted by molar-refractivity contribution is 9.10. The Bertz CT molecular complexity index is 1120. The first-order valence-corrected chi connectivity index (χ1v) is 13.8. The van der Waals surface area contributed by atoms with Gasteiger partial charge in [0.2, 0.25) is 11.8 Å². The summed E-state index contributed by atoms with van der Waals surface area (Å²) in [5.41, 5.74) is 4.40. The van der Waals surface area contributed by atoms with Crippen molar-refractivity contribution in [3.8, 4) is 0 Å². The topological polar surface area (TPSA) is 49.4 Å². The first-order valence-electron chi connectivity index (χ1n) is 11.8. The van der Waals surface area contributed by atoms with Crippen LogP contribution in [0.15, 0.2) is 83.3 Å². The van der Waals surface area contributed by atoms with Crippen LogP contribution in [0.2, 0.25) is 0 Å². The fraction of sp³-hybridized carbons (Fsp3) is 0.310. The molecule has 35 heavy (non-hydrogen) atoms. The molecule has 1 atom stereocenters. The molecule has 3 aromatic carbocycles. The summed E-state index contributed by atoms with van der Waals surface area (Å²) in [5.74, 6) is 0.889. The molecule has 0 bridgehead atoms. The van der Waals surface area contributed by atoms with E-state index >= 15 is 0 Å². The Labute approximate surface area is 221 Å². The summed E-state index contributed by atoms with van der Waals surface area (Å²) >= 11 is 5.11. The molecule has 0 spiro atoms. The zero-order valence-corrected chi connectivity index (χ0v) is 22.9. The summed E-state index contributed by atoms with van der Waals surface area (Å²) in [4.78, 5) is 28.7. The largest absolute Gasteiger partial charge is 0.352 e. The van der Waals surface area contributed by atoms with E-state index in [1.165, 1.54) is 11.1 Å². The minimum Gasteiger partial charge on any atom is -0.352 e. The van der Waals surface area contributed by atoms with Gasteiger partial charge < -0.3 is 10.2 Å². The van der Waals surface area contributed by atoms with Crippen molar-refractivity contribution in [2.45, 2.75) is 51.6 Å². The van der Waals surface area contributed by atoms with Crippen molar-refractivity contribution in [3.63, 3.8) is 0 Å². The Hall–Kier alpha value is -2.57. The van der Waals surface area contributed by atoms with Crippen molar-refractivity contribution >= 4 is 39.5 Å². The van der Waals surface area contributed by atoms with E-state index in [1.54, 1.807) is 16.7 Å². The van der Waals surface area contributed by atoms with Gasteiger partial charge >= 0.3 is 0 Å². The van der Waals surface area contributed by atoms with Crippen LogP contribution in [-0.4, -0.2) is 34.6 Å². The van der Waals surface area contributed by atoms with E-state index < -0.39 is 6.04 Å². The zero-order chi connectivity index (χ0) is 25.2. The molecule has 0 aromatic heterocycles. The van der Waals surface area contributed by atoms with Gasteiger partial charge in [0.1, 0.15) is 6.04 Å². The lowest BCUT2D eigenvalue weighted by Gasteiger charge is -2.32. The molecule has 4 nitrogen and oxygen atoms in total. The minimum atomic E-state index is -0.606. The standard InChI is InChI=1S/C29H33BrN2O2S/c1-21(2)31-29(34)27(17-23-10-5-4-6-11-23)32(18-24-12-8-14-26(30)16-24)28(33)20-35-19-25-13-7-9-22(3)15-25/h4-16,21,27H,17-20H2,1-3H3,(H,31,34). The second-order valence-corrected chi connectivity index (χ2v) is 10.9. The van der Waals surface area contributed by atoms with Gasteiger partial charge in [0, 0.05) is 29.2 Å². The third-order valence-electron chi connectivity index (χ3n) is 5.52. The molecule has 1 unspecified atom stereocenters. The molecule has 0 aliphatic heterocycles. The van der Waals surface area contributed by atoms with Crippen molar-refractivity contribution in [2.75, 3.05) is 5.75 Å². The van der Waals surface area contributed by atoms with Crippen LogP contribution in [0.3, 0.4) is 0 Å². The van der Waals surface area contributed by atoms with Crippen molar-refractivity contribution in [1.29, 1.82) is 0 Å². The molecular formula is C29H33BrN2O2S. The molecule has 1 N–H and O–H groups in total. The quantitative estimate of drug-likeness (QED) is 0.310. The first kappa shape index (κ1) is 27.0. The van der Waals surface area contributed by atoms with Gasteiger partial charge in [-0.3, -0.25) is 9.59 Å². The molecule has 2 amide bonds. The highest BCUT2D eigenvalue weighted by Gasteiger charge is 2.30. The van der Waals surface area contributed by atoms with Gasteiger partial charge in [0.15, 0.2) is 0 Å². The van der Waals surface area contributed by atoms with Crippen LogP contribution < -0.4 is 5.32 Å². The summed E-state index contributed by atoms with van der Waals surface area (Å²) in [7, 11) is 0. The van der Waals surface area contributed by atoms with Gasteiger partial charge in [-0.15, -0.1) is 11.8 Å². The molecule has 0 saturated carbocycles. The lowest BCUT2D eigenvalue weighted by atomic mass is 10.0. The highest BCUT2D eigenvalue weighted by Crippen LogP contribution is 2.20. The number of aryl methyl sites for hydroxylation is 1. The number of carbonyl (C=O) groups is 2. The summed E-state index contributed by atoms with van der Waals surface area (Å²) in [5, 5.41) is 3.03. The Morgan fingerprint density at radius 3 is 2.29 bits per heavy atom. The Morgan fingerprint density at radius 2 is 1.60 bits per heavy atom. The van der Waals surface area contributed by atoms with Crippen LogP contribution >= 0.6 is 27.7 Å². The average molecular weight is 554 g/mol. The van der Waals surface area contributed by atoms with E-state index in [2.05, 4.69) is 46.4 Å². The SMILES string of the molecule is Cc1cccc(CSCC(=O)N(Cc2cccc(Br)c2)C(Cc2ccccc2)C(=O)NC(C)C)c1. The number of carbonyl (C=O) groups excluding carboxylic acids is 2. The number of nitrogens with zero attached hydrogens (tertiary/aromatic N) is 1. The second kappa shape index (κ2) is 13.5. The van der Waals surface area contributed by atoms with Crippen LogP contribution in [0, 0.1) is 6.92 Å². The van der Waals surface area contributed by atoms with E-state index in [0.717, 1.165) is 21.4 Å². The van der Waals surface area contributed by atoms with Crippen LogP contribution in [0.5, 0.6) is 0 Å². The molecule has 0 radical (unpaired) electrons. The highest BCUT2D eigenvalue weighted by atomic mass is 79.9. The van der Waals surface area contributed by atoms with E-state index in [0.29, 0.717) is 18.7 Å². The number of thioether (sulfide) groups is 1. The number of benzene rings is 3. The maximum atomic E-state index is 13.6. The molecule has 0 fully saturated rings. The van der Waals surface area contributed by atoms with Gasteiger partial charge in [-0.1, -0.05) is 88.2 Å². The Kier molecular flexibility index (Phi) is 10.4. The van der Waals surface area contributed by atoms with E-state index in [9.17, 15) is 9.59 Å². The maximum Gasteiger partial charge on any atom is 0.243 e. The van der Waals surface area contributed by atoms with Crippen molar-refractivity contribution in [2.24, 2.45) is 0 Å². The molecule has 6 heteroatoms. The summed E-state index contributed by atoms with van der Waals surface area (Å²) in [6.07, 6.45) is 0.460. The fourth-order valence-electron chi connectivity index (χ4n) is 3.91. The fourth-order valence-corrected chi connectivity index (χ4v) is 5.21. The molecule has 0 aliphatic rings. The van der Waals surface area contributed by atoms with E-state index in [-0.39, 0.29) is 17.9 Å². The molecule has 184 valence electrons. The van der Waals surface area contributed by atoms with Crippen molar-refractivity contribution in [1.82, 2.24) is 10.2 Å². The summed E-state index contributed by atoms with van der Waals surface area (Å²) in [6, 6.07) is 25.5. The Morgan fingerprint density at radius 1 is 0.914 bits per heavy atom. The predicted molar refractivity (Wildman–Crippen MR) is 149 cm³/mol. The molecule has 3 rings (SSSR count). The van der Waals surface area contributed by atoms with Gasteiger partial charge in [-0.25, -0.2) is 0 Å². The lowest BCUT2D eigenvalue weighted by Crippen LogP contribution is -2.52. The third-order valence-corrected chi connectivity index (χ3v) is 7.00. The molecule has 0 heterocycles. The Balaban J connectivity index is 1.84. The zero-order valence-electron chi connectivity index (χ0n) is 20.5. The van der Waals surface area contributed by atoms with E-state index in [4.69, 9.17) is 0 Å². The number of amides is 2. The smallest absolute Gasteiger partial charge is 0.243 e. The van der Waals surface area contributed by atoms with Gasteiger partial charge in [0.05, 0.1) is 5.75 Å². The predicted octanol–water partition coefficient (Wildman–Crippen LogP) is 6.16. The first-order chi connectivity index (χ1) is 16.8. The lowest BCUT2D eigenvalue weighted by molar-refractivity contribution is -0.139. The van der Waals surface area contributed by atoms with Crippen molar-refractivity contribution in [3.05, 3.63) is 106 Å². The number of hydrogen-bond acceptors (Lipinski definition) is 3. The average Bonchev–Trinajstić information content (AvgIpc) is 2.81. The molecule has 0 saturated heterocycles. The number of halogens is 1. The van der Waals surface area contributed by atoms with Gasteiger partial charge in [0.25, 0.3) is 0 Å². The number of hydrogen-bond donors (Lipinski definition) is 1. The van der Waals surface area contributed by atoms with Crippen LogP contribution in [-0.2, 0) is 28.3 Å². The minimum absolute atomic E-state index is 0.0145. The number of rotatable bonds is 11. The second-order valence-electron chi connectivity index (χ2n) is 9.00. The normalized spacial score (nSPS) is 11.8.